The summed E-state index contributed by atoms with van der Waals surface area (Å²) in [4.78, 5) is 4.87. The van der Waals surface area contributed by atoms with Crippen molar-refractivity contribution in [2.75, 3.05) is 50.1 Å². The third-order valence-corrected chi connectivity index (χ3v) is 9.43. The van der Waals surface area contributed by atoms with Crippen LogP contribution in [0.3, 0.4) is 0 Å². The van der Waals surface area contributed by atoms with E-state index < -0.39 is 10.2 Å². The van der Waals surface area contributed by atoms with Gasteiger partial charge in [-0.1, -0.05) is 0 Å². The van der Waals surface area contributed by atoms with Crippen LogP contribution >= 0.6 is 11.6 Å². The summed E-state index contributed by atoms with van der Waals surface area (Å²) in [6, 6.07) is 15.1. The van der Waals surface area contributed by atoms with Crippen LogP contribution < -0.4 is 33.0 Å². The maximum atomic E-state index is 8.49. The smallest absolute Gasteiger partial charge is 0.112 e. The molecule has 1 aliphatic heterocycles. The van der Waals surface area contributed by atoms with Gasteiger partial charge in [-0.15, -0.1) is 10.2 Å². The summed E-state index contributed by atoms with van der Waals surface area (Å²) >= 11 is 6.75. The van der Waals surface area contributed by atoms with E-state index in [4.69, 9.17) is 30.2 Å². The number of hydrogen-bond acceptors (Lipinski definition) is 6. The molecule has 0 fully saturated rings. The molecule has 212 valence electrons. The minimum Gasteiger partial charge on any atom is -0.222 e. The minimum absolute atomic E-state index is 0.349. The van der Waals surface area contributed by atoms with Crippen molar-refractivity contribution in [1.29, 1.82) is 0 Å². The van der Waals surface area contributed by atoms with Gasteiger partial charge in [0.25, 0.3) is 0 Å². The summed E-state index contributed by atoms with van der Waals surface area (Å²) in [7, 11) is -0.318. The van der Waals surface area contributed by atoms with E-state index in [2.05, 4.69) is 104 Å². The zero-order valence-corrected chi connectivity index (χ0v) is 26.3. The molecule has 0 saturated heterocycles. The van der Waals surface area contributed by atoms with Crippen LogP contribution in [0.5, 0.6) is 0 Å². The molecule has 0 amide bonds. The van der Waals surface area contributed by atoms with Crippen molar-refractivity contribution in [3.63, 3.8) is 0 Å². The van der Waals surface area contributed by atoms with E-state index in [1.807, 2.05) is 6.07 Å². The van der Waals surface area contributed by atoms with Crippen LogP contribution in [0.15, 0.2) is 60.4 Å². The van der Waals surface area contributed by atoms with E-state index in [0.717, 1.165) is 48.7 Å². The van der Waals surface area contributed by atoms with E-state index in [1.165, 1.54) is 31.5 Å². The van der Waals surface area contributed by atoms with E-state index in [1.54, 1.807) is 0 Å². The molecule has 0 aliphatic carbocycles. The van der Waals surface area contributed by atoms with Gasteiger partial charge in [-0.25, -0.2) is 18.6 Å². The van der Waals surface area contributed by atoms with Crippen molar-refractivity contribution in [1.82, 2.24) is 0 Å². The first-order chi connectivity index (χ1) is 18.4. The number of aromatic nitrogens is 1. The molecule has 4 rings (SSSR count). The predicted molar refractivity (Wildman–Crippen MR) is 148 cm³/mol. The quantitative estimate of drug-likeness (QED) is 0.194. The van der Waals surface area contributed by atoms with Gasteiger partial charge in [0.2, 0.25) is 0 Å². The molecule has 0 atom stereocenters. The van der Waals surface area contributed by atoms with E-state index in [9.17, 15) is 0 Å². The molecule has 0 N–H and O–H groups in total. The monoisotopic (exact) mass is 643 g/mol. The molecule has 1 aromatic heterocycles. The van der Waals surface area contributed by atoms with Crippen molar-refractivity contribution in [2.45, 2.75) is 33.7 Å². The van der Waals surface area contributed by atoms with E-state index in [0.29, 0.717) is 14.5 Å². The summed E-state index contributed by atoms with van der Waals surface area (Å²) in [5.41, 5.74) is 3.83. The molecular weight excluding hydrogens is 606 g/mol. The van der Waals surface area contributed by atoms with Crippen LogP contribution in [-0.4, -0.2) is 59.3 Å². The standard InChI is InChI=1S/C28H37ClN4Se.ClHO4/c1-6-30-25-21-22(29)17-18-23(25)32(19-12-20-33(4,5)8-3)27(30)15-11-16-28-31(7-2)24-13-9-10-14-26(24)34-28;2-1(3,4)5/h9-11,13-18,21H,6-8,12,19-20H2,1-5H3;(H,2,3,4,5)/q+2;/p-1. The average Bonchev–Trinajstić information content (AvgIpc) is 3.37. The first-order valence-electron chi connectivity index (χ1n) is 13.0. The molecule has 0 bridgehead atoms. The third kappa shape index (κ3) is 8.54. The molecular formula is C28H37Cl2N4O4Se+. The Balaban J connectivity index is 0.000000771. The number of nitrogens with zero attached hydrogens (tertiary/aromatic N) is 4. The molecule has 2 aromatic carbocycles. The summed E-state index contributed by atoms with van der Waals surface area (Å²) in [6.07, 6.45) is 7.99. The van der Waals surface area contributed by atoms with Crippen LogP contribution in [0.25, 0.3) is 15.9 Å². The van der Waals surface area contributed by atoms with E-state index in [-0.39, 0.29) is 0 Å². The normalized spacial score (nSPS) is 14.9. The van der Waals surface area contributed by atoms with Gasteiger partial charge in [-0.3, -0.25) is 0 Å². The Morgan fingerprint density at radius 2 is 1.69 bits per heavy atom. The molecule has 0 unspecified atom stereocenters. The number of allylic oxidation sites excluding steroid dienone is 2. The van der Waals surface area contributed by atoms with Gasteiger partial charge in [-0.05, 0) is 0 Å². The van der Waals surface area contributed by atoms with Crippen molar-refractivity contribution < 1.29 is 37.9 Å². The summed E-state index contributed by atoms with van der Waals surface area (Å²) in [6.45, 7) is 11.9. The van der Waals surface area contributed by atoms with Crippen LogP contribution in [0.4, 0.5) is 11.4 Å². The number of halogens is 2. The number of benzene rings is 2. The molecule has 0 radical (unpaired) electrons. The van der Waals surface area contributed by atoms with Crippen molar-refractivity contribution in [3.8, 4) is 0 Å². The number of aryl methyl sites for hydroxylation is 1. The van der Waals surface area contributed by atoms with Crippen molar-refractivity contribution >= 4 is 53.3 Å². The first kappa shape index (κ1) is 31.6. The van der Waals surface area contributed by atoms with Gasteiger partial charge < -0.3 is 0 Å². The second-order valence-corrected chi connectivity index (χ2v) is 13.2. The maximum Gasteiger partial charge on any atom is -0.112 e. The molecule has 39 heavy (non-hydrogen) atoms. The number of rotatable bonds is 9. The third-order valence-electron chi connectivity index (χ3n) is 6.83. The Morgan fingerprint density at radius 1 is 1.00 bits per heavy atom. The molecule has 2 heterocycles. The number of anilines is 2. The van der Waals surface area contributed by atoms with Gasteiger partial charge in [0.05, 0.1) is 0 Å². The first-order valence-corrected chi connectivity index (χ1v) is 16.3. The molecule has 0 spiro atoms. The van der Waals surface area contributed by atoms with E-state index >= 15 is 0 Å². The average molecular weight is 643 g/mol. The summed E-state index contributed by atoms with van der Waals surface area (Å²) in [5, 5.41) is 0.790. The van der Waals surface area contributed by atoms with Crippen molar-refractivity contribution in [3.05, 3.63) is 70.0 Å². The zero-order chi connectivity index (χ0) is 28.8. The van der Waals surface area contributed by atoms with Gasteiger partial charge in [0.15, 0.2) is 0 Å². The van der Waals surface area contributed by atoms with Gasteiger partial charge in [-0.2, -0.15) is 0 Å². The molecule has 11 heteroatoms. The maximum absolute atomic E-state index is 8.49. The van der Waals surface area contributed by atoms with Gasteiger partial charge >= 0.3 is 216 Å². The van der Waals surface area contributed by atoms with Crippen LogP contribution in [0.1, 0.15) is 31.8 Å². The predicted octanol–water partition coefficient (Wildman–Crippen LogP) is 0.789. The Bertz CT molecular complexity index is 1310. The second kappa shape index (κ2) is 13.6. The second-order valence-electron chi connectivity index (χ2n) is 9.77. The Morgan fingerprint density at radius 3 is 2.33 bits per heavy atom. The number of hydrogen-bond donors (Lipinski definition) is 0. The fraction of sp³-hybridized carbons (Fsp3) is 0.393. The fourth-order valence-corrected chi connectivity index (χ4v) is 7.17. The van der Waals surface area contributed by atoms with Gasteiger partial charge in [0.1, 0.15) is 0 Å². The Labute approximate surface area is 244 Å². The number of quaternary nitrogens is 1. The molecule has 3 aromatic rings. The topological polar surface area (TPSA) is 103 Å². The minimum atomic E-state index is -4.94. The van der Waals surface area contributed by atoms with Crippen LogP contribution in [0, 0.1) is 10.2 Å². The number of para-hydroxylation sites is 1. The Kier molecular flexibility index (Phi) is 11.1. The summed E-state index contributed by atoms with van der Waals surface area (Å²) < 4.78 is 40.4. The van der Waals surface area contributed by atoms with Gasteiger partial charge in [0, 0.05) is 0 Å². The zero-order valence-electron chi connectivity index (χ0n) is 23.1. The number of fused-ring (bicyclic) bond motifs is 2. The van der Waals surface area contributed by atoms with Crippen LogP contribution in [0.2, 0.25) is 5.02 Å². The van der Waals surface area contributed by atoms with Crippen LogP contribution in [-0.2, 0) is 6.54 Å². The molecule has 1 aliphatic rings. The largest absolute Gasteiger partial charge is 0.222 e. The summed E-state index contributed by atoms with van der Waals surface area (Å²) in [5.74, 6) is 1.24. The SMILES string of the molecule is CCN1C(=CC=Cc2[se]c3ccccc3[n+]2CC)N(CCC[N+](C)(C)CC)c2ccc(Cl)cc21.[O-][Cl+3]([O-])([O-])[O-]. The fourth-order valence-electron chi connectivity index (χ4n) is 4.62. The Hall–Kier alpha value is -1.91. The molecule has 8 nitrogen and oxygen atoms in total. The van der Waals surface area contributed by atoms with Crippen molar-refractivity contribution in [2.24, 2.45) is 0 Å². The molecule has 0 saturated carbocycles.